The lowest BCUT2D eigenvalue weighted by Crippen LogP contribution is -2.32. The zero-order chi connectivity index (χ0) is 8.85. The van der Waals surface area contributed by atoms with E-state index < -0.39 is 11.9 Å². The second kappa shape index (κ2) is 4.49. The van der Waals surface area contributed by atoms with E-state index in [1.165, 1.54) is 0 Å². The standard InChI is InChI=1S/C7H11NO3/c1-5(2)4-8-6(9)7(10)11-3/h1,4H2,2-3H3,(H,8,9). The van der Waals surface area contributed by atoms with Gasteiger partial charge in [0, 0.05) is 6.54 Å². The topological polar surface area (TPSA) is 55.4 Å². The molecule has 0 rings (SSSR count). The van der Waals surface area contributed by atoms with E-state index in [9.17, 15) is 9.59 Å². The first kappa shape index (κ1) is 9.68. The highest BCUT2D eigenvalue weighted by molar-refractivity contribution is 6.32. The molecule has 0 aromatic rings. The molecule has 0 saturated heterocycles. The minimum Gasteiger partial charge on any atom is -0.462 e. The molecular formula is C7H11NO3. The second-order valence-electron chi connectivity index (χ2n) is 2.13. The van der Waals surface area contributed by atoms with Gasteiger partial charge in [-0.05, 0) is 6.92 Å². The number of carbonyl (C=O) groups is 2. The lowest BCUT2D eigenvalue weighted by Gasteiger charge is -2.01. The van der Waals surface area contributed by atoms with Gasteiger partial charge in [-0.3, -0.25) is 4.79 Å². The molecule has 0 aliphatic rings. The number of methoxy groups -OCH3 is 1. The van der Waals surface area contributed by atoms with Crippen LogP contribution in [0.5, 0.6) is 0 Å². The third kappa shape index (κ3) is 4.13. The van der Waals surface area contributed by atoms with Crippen molar-refractivity contribution >= 4 is 11.9 Å². The average molecular weight is 157 g/mol. The van der Waals surface area contributed by atoms with Crippen LogP contribution >= 0.6 is 0 Å². The molecule has 11 heavy (non-hydrogen) atoms. The Hall–Kier alpha value is -1.32. The van der Waals surface area contributed by atoms with Gasteiger partial charge in [0.2, 0.25) is 0 Å². The van der Waals surface area contributed by atoms with E-state index in [0.29, 0.717) is 6.54 Å². The first-order valence-electron chi connectivity index (χ1n) is 3.08. The van der Waals surface area contributed by atoms with Crippen LogP contribution in [0.4, 0.5) is 0 Å². The molecule has 0 radical (unpaired) electrons. The van der Waals surface area contributed by atoms with Crippen LogP contribution in [-0.4, -0.2) is 25.5 Å². The number of amides is 1. The lowest BCUT2D eigenvalue weighted by molar-refractivity contribution is -0.152. The summed E-state index contributed by atoms with van der Waals surface area (Å²) >= 11 is 0. The van der Waals surface area contributed by atoms with Gasteiger partial charge in [0.25, 0.3) is 0 Å². The predicted octanol–water partition coefficient (Wildman–Crippen LogP) is -0.148. The minimum atomic E-state index is -0.883. The summed E-state index contributed by atoms with van der Waals surface area (Å²) in [4.78, 5) is 21.1. The maximum Gasteiger partial charge on any atom is 0.396 e. The number of rotatable bonds is 2. The number of hydrogen-bond acceptors (Lipinski definition) is 3. The third-order valence-corrected chi connectivity index (χ3v) is 0.922. The Morgan fingerprint density at radius 3 is 2.45 bits per heavy atom. The number of carbonyl (C=O) groups excluding carboxylic acids is 2. The van der Waals surface area contributed by atoms with E-state index in [1.807, 2.05) is 0 Å². The summed E-state index contributed by atoms with van der Waals surface area (Å²) < 4.78 is 4.16. The molecule has 0 aromatic carbocycles. The highest BCUT2D eigenvalue weighted by atomic mass is 16.5. The smallest absolute Gasteiger partial charge is 0.396 e. The van der Waals surface area contributed by atoms with Gasteiger partial charge >= 0.3 is 11.9 Å². The lowest BCUT2D eigenvalue weighted by atomic mass is 10.3. The molecule has 62 valence electrons. The zero-order valence-corrected chi connectivity index (χ0v) is 6.64. The van der Waals surface area contributed by atoms with Crippen molar-refractivity contribution in [3.8, 4) is 0 Å². The van der Waals surface area contributed by atoms with E-state index >= 15 is 0 Å². The Bertz CT molecular complexity index is 186. The van der Waals surface area contributed by atoms with Gasteiger partial charge in [-0.15, -0.1) is 0 Å². The highest BCUT2D eigenvalue weighted by Crippen LogP contribution is 1.82. The summed E-state index contributed by atoms with van der Waals surface area (Å²) in [7, 11) is 1.16. The van der Waals surface area contributed by atoms with Gasteiger partial charge in [-0.1, -0.05) is 12.2 Å². The summed E-state index contributed by atoms with van der Waals surface area (Å²) in [6.45, 7) is 5.59. The third-order valence-electron chi connectivity index (χ3n) is 0.922. The zero-order valence-electron chi connectivity index (χ0n) is 6.64. The summed E-state index contributed by atoms with van der Waals surface area (Å²) in [6, 6.07) is 0. The molecule has 0 aliphatic heterocycles. The number of hydrogen-bond donors (Lipinski definition) is 1. The molecule has 0 unspecified atom stereocenters. The Kier molecular flexibility index (Phi) is 3.95. The van der Waals surface area contributed by atoms with E-state index in [1.54, 1.807) is 6.92 Å². The first-order valence-corrected chi connectivity index (χ1v) is 3.08. The van der Waals surface area contributed by atoms with Crippen molar-refractivity contribution in [2.75, 3.05) is 13.7 Å². The minimum absolute atomic E-state index is 0.300. The van der Waals surface area contributed by atoms with Gasteiger partial charge in [0.1, 0.15) is 0 Å². The largest absolute Gasteiger partial charge is 0.462 e. The Morgan fingerprint density at radius 1 is 1.55 bits per heavy atom. The van der Waals surface area contributed by atoms with Gasteiger partial charge in [-0.2, -0.15) is 0 Å². The molecule has 0 saturated carbocycles. The normalized spacial score (nSPS) is 8.55. The van der Waals surface area contributed by atoms with Crippen molar-refractivity contribution in [1.29, 1.82) is 0 Å². The maximum absolute atomic E-state index is 10.7. The van der Waals surface area contributed by atoms with Crippen LogP contribution in [0.3, 0.4) is 0 Å². The summed E-state index contributed by atoms with van der Waals surface area (Å²) in [5.74, 6) is -1.62. The fourth-order valence-corrected chi connectivity index (χ4v) is 0.396. The molecule has 1 N–H and O–H groups in total. The molecule has 0 aromatic heterocycles. The molecule has 0 aliphatic carbocycles. The van der Waals surface area contributed by atoms with Gasteiger partial charge < -0.3 is 10.1 Å². The molecule has 0 heterocycles. The van der Waals surface area contributed by atoms with Gasteiger partial charge in [0.05, 0.1) is 7.11 Å². The van der Waals surface area contributed by atoms with Crippen LogP contribution in [0.15, 0.2) is 12.2 Å². The fourth-order valence-electron chi connectivity index (χ4n) is 0.396. The molecule has 1 amide bonds. The maximum atomic E-state index is 10.7. The first-order chi connectivity index (χ1) is 5.07. The van der Waals surface area contributed by atoms with Crippen LogP contribution < -0.4 is 5.32 Å². The van der Waals surface area contributed by atoms with Crippen molar-refractivity contribution in [1.82, 2.24) is 5.32 Å². The van der Waals surface area contributed by atoms with Gasteiger partial charge in [0.15, 0.2) is 0 Å². The van der Waals surface area contributed by atoms with E-state index in [2.05, 4.69) is 16.6 Å². The Morgan fingerprint density at radius 2 is 2.09 bits per heavy atom. The van der Waals surface area contributed by atoms with Crippen molar-refractivity contribution in [2.45, 2.75) is 6.92 Å². The summed E-state index contributed by atoms with van der Waals surface area (Å²) in [6.07, 6.45) is 0. The van der Waals surface area contributed by atoms with E-state index in [0.717, 1.165) is 12.7 Å². The number of ether oxygens (including phenoxy) is 1. The van der Waals surface area contributed by atoms with Gasteiger partial charge in [-0.25, -0.2) is 4.79 Å². The summed E-state index contributed by atoms with van der Waals surface area (Å²) in [5, 5.41) is 2.32. The quantitative estimate of drug-likeness (QED) is 0.344. The molecule has 4 nitrogen and oxygen atoms in total. The van der Waals surface area contributed by atoms with Crippen LogP contribution in [0.2, 0.25) is 0 Å². The number of nitrogens with one attached hydrogen (secondary N) is 1. The molecule has 0 bridgehead atoms. The molecular weight excluding hydrogens is 146 g/mol. The van der Waals surface area contributed by atoms with Crippen LogP contribution in [-0.2, 0) is 14.3 Å². The molecule has 0 spiro atoms. The monoisotopic (exact) mass is 157 g/mol. The average Bonchev–Trinajstić information content (AvgIpc) is 1.98. The summed E-state index contributed by atoms with van der Waals surface area (Å²) in [5.41, 5.74) is 0.780. The van der Waals surface area contributed by atoms with Crippen molar-refractivity contribution in [2.24, 2.45) is 0 Å². The van der Waals surface area contributed by atoms with Crippen molar-refractivity contribution < 1.29 is 14.3 Å². The Labute approximate surface area is 65.2 Å². The SMILES string of the molecule is C=C(C)CNC(=O)C(=O)OC. The molecule has 0 atom stereocenters. The highest BCUT2D eigenvalue weighted by Gasteiger charge is 2.11. The van der Waals surface area contributed by atoms with Crippen molar-refractivity contribution in [3.63, 3.8) is 0 Å². The molecule has 0 fully saturated rings. The van der Waals surface area contributed by atoms with Crippen LogP contribution in [0.1, 0.15) is 6.92 Å². The van der Waals surface area contributed by atoms with E-state index in [-0.39, 0.29) is 0 Å². The van der Waals surface area contributed by atoms with E-state index in [4.69, 9.17) is 0 Å². The second-order valence-corrected chi connectivity index (χ2v) is 2.13. The van der Waals surface area contributed by atoms with Crippen LogP contribution in [0, 0.1) is 0 Å². The Balaban J connectivity index is 3.70. The van der Waals surface area contributed by atoms with Crippen molar-refractivity contribution in [3.05, 3.63) is 12.2 Å². The number of esters is 1. The molecule has 4 heteroatoms. The predicted molar refractivity (Wildman–Crippen MR) is 39.8 cm³/mol. The fraction of sp³-hybridized carbons (Fsp3) is 0.429. The van der Waals surface area contributed by atoms with Crippen LogP contribution in [0.25, 0.3) is 0 Å².